The van der Waals surface area contributed by atoms with Crippen LogP contribution in [0.3, 0.4) is 0 Å². The number of nitrogens with zero attached hydrogens (tertiary/aromatic N) is 1. The molecule has 0 fully saturated rings. The highest BCUT2D eigenvalue weighted by Crippen LogP contribution is 2.22. The van der Waals surface area contributed by atoms with Crippen molar-refractivity contribution in [3.63, 3.8) is 0 Å². The SMILES string of the molecule is Cc1csc(NC(C)c2ccc(CN)cc2)n1. The minimum atomic E-state index is 0.257. The summed E-state index contributed by atoms with van der Waals surface area (Å²) in [5.41, 5.74) is 9.04. The number of benzene rings is 1. The van der Waals surface area contributed by atoms with Crippen molar-refractivity contribution in [2.75, 3.05) is 5.32 Å². The molecule has 0 radical (unpaired) electrons. The minimum Gasteiger partial charge on any atom is -0.355 e. The quantitative estimate of drug-likeness (QED) is 0.873. The summed E-state index contributed by atoms with van der Waals surface area (Å²) >= 11 is 1.64. The normalized spacial score (nSPS) is 12.4. The van der Waals surface area contributed by atoms with Crippen LogP contribution in [-0.4, -0.2) is 4.98 Å². The summed E-state index contributed by atoms with van der Waals surface area (Å²) in [4.78, 5) is 4.40. The monoisotopic (exact) mass is 247 g/mol. The van der Waals surface area contributed by atoms with E-state index in [-0.39, 0.29) is 6.04 Å². The van der Waals surface area contributed by atoms with Crippen LogP contribution >= 0.6 is 11.3 Å². The first-order chi connectivity index (χ1) is 8.19. The van der Waals surface area contributed by atoms with Gasteiger partial charge in [0.2, 0.25) is 0 Å². The second kappa shape index (κ2) is 5.29. The lowest BCUT2D eigenvalue weighted by molar-refractivity contribution is 0.878. The average molecular weight is 247 g/mol. The van der Waals surface area contributed by atoms with Crippen molar-refractivity contribution < 1.29 is 0 Å². The molecule has 90 valence electrons. The molecule has 4 heteroatoms. The van der Waals surface area contributed by atoms with E-state index >= 15 is 0 Å². The van der Waals surface area contributed by atoms with E-state index in [1.807, 2.05) is 12.3 Å². The van der Waals surface area contributed by atoms with Gasteiger partial charge < -0.3 is 11.1 Å². The zero-order chi connectivity index (χ0) is 12.3. The first kappa shape index (κ1) is 12.1. The van der Waals surface area contributed by atoms with Gasteiger partial charge in [-0.15, -0.1) is 11.3 Å². The van der Waals surface area contributed by atoms with Gasteiger partial charge in [0.15, 0.2) is 5.13 Å². The highest BCUT2D eigenvalue weighted by Gasteiger charge is 2.07. The van der Waals surface area contributed by atoms with Gasteiger partial charge in [0.25, 0.3) is 0 Å². The van der Waals surface area contributed by atoms with E-state index in [4.69, 9.17) is 5.73 Å². The summed E-state index contributed by atoms with van der Waals surface area (Å²) in [6, 6.07) is 8.62. The van der Waals surface area contributed by atoms with Gasteiger partial charge in [0.05, 0.1) is 11.7 Å². The van der Waals surface area contributed by atoms with Gasteiger partial charge in [-0.2, -0.15) is 0 Å². The summed E-state index contributed by atoms with van der Waals surface area (Å²) in [6.45, 7) is 4.73. The molecular formula is C13H17N3S. The topological polar surface area (TPSA) is 50.9 Å². The van der Waals surface area contributed by atoms with Gasteiger partial charge in [-0.05, 0) is 25.0 Å². The number of rotatable bonds is 4. The second-order valence-corrected chi connectivity index (χ2v) is 4.96. The highest BCUT2D eigenvalue weighted by molar-refractivity contribution is 7.13. The predicted molar refractivity (Wildman–Crippen MR) is 73.2 cm³/mol. The van der Waals surface area contributed by atoms with Gasteiger partial charge in [0.1, 0.15) is 0 Å². The van der Waals surface area contributed by atoms with Crippen LogP contribution in [0.15, 0.2) is 29.6 Å². The fourth-order valence-electron chi connectivity index (χ4n) is 1.63. The molecule has 17 heavy (non-hydrogen) atoms. The molecule has 0 saturated carbocycles. The molecule has 0 aliphatic rings. The Hall–Kier alpha value is -1.39. The van der Waals surface area contributed by atoms with Crippen molar-refractivity contribution in [2.24, 2.45) is 5.73 Å². The maximum absolute atomic E-state index is 5.58. The lowest BCUT2D eigenvalue weighted by atomic mass is 10.1. The molecule has 3 nitrogen and oxygen atoms in total. The van der Waals surface area contributed by atoms with E-state index in [9.17, 15) is 0 Å². The number of nitrogens with two attached hydrogens (primary N) is 1. The predicted octanol–water partition coefficient (Wildman–Crippen LogP) is 3.08. The first-order valence-corrected chi connectivity index (χ1v) is 6.54. The van der Waals surface area contributed by atoms with Crippen molar-refractivity contribution in [3.05, 3.63) is 46.5 Å². The lowest BCUT2D eigenvalue weighted by Gasteiger charge is -2.13. The fraction of sp³-hybridized carbons (Fsp3) is 0.308. The molecular weight excluding hydrogens is 230 g/mol. The molecule has 1 unspecified atom stereocenters. The Kier molecular flexibility index (Phi) is 3.76. The Morgan fingerprint density at radius 1 is 1.35 bits per heavy atom. The maximum atomic E-state index is 5.58. The molecule has 0 amide bonds. The molecule has 0 aliphatic heterocycles. The third kappa shape index (κ3) is 3.05. The Balaban J connectivity index is 2.06. The Morgan fingerprint density at radius 3 is 2.59 bits per heavy atom. The van der Waals surface area contributed by atoms with Gasteiger partial charge in [-0.25, -0.2) is 4.98 Å². The summed E-state index contributed by atoms with van der Waals surface area (Å²) in [5.74, 6) is 0. The fourth-order valence-corrected chi connectivity index (χ4v) is 2.41. The summed E-state index contributed by atoms with van der Waals surface area (Å²) in [6.07, 6.45) is 0. The molecule has 0 saturated heterocycles. The van der Waals surface area contributed by atoms with Crippen LogP contribution in [0.4, 0.5) is 5.13 Å². The van der Waals surface area contributed by atoms with Crippen molar-refractivity contribution in [3.8, 4) is 0 Å². The summed E-state index contributed by atoms with van der Waals surface area (Å²) in [5, 5.41) is 6.41. The Bertz CT molecular complexity index is 476. The Labute approximate surface area is 106 Å². The smallest absolute Gasteiger partial charge is 0.183 e. The third-order valence-electron chi connectivity index (χ3n) is 2.67. The average Bonchev–Trinajstić information content (AvgIpc) is 2.75. The molecule has 1 aromatic heterocycles. The van der Waals surface area contributed by atoms with E-state index in [1.54, 1.807) is 11.3 Å². The van der Waals surface area contributed by atoms with E-state index in [0.717, 1.165) is 16.4 Å². The molecule has 1 heterocycles. The maximum Gasteiger partial charge on any atom is 0.183 e. The number of thiazole rings is 1. The van der Waals surface area contributed by atoms with Crippen LogP contribution in [0.5, 0.6) is 0 Å². The van der Waals surface area contributed by atoms with Crippen LogP contribution in [-0.2, 0) is 6.54 Å². The molecule has 0 aliphatic carbocycles. The third-order valence-corrected chi connectivity index (χ3v) is 3.57. The van der Waals surface area contributed by atoms with Crippen LogP contribution < -0.4 is 11.1 Å². The number of aromatic nitrogens is 1. The Morgan fingerprint density at radius 2 is 2.06 bits per heavy atom. The number of hydrogen-bond donors (Lipinski definition) is 2. The van der Waals surface area contributed by atoms with E-state index in [2.05, 4.69) is 41.5 Å². The van der Waals surface area contributed by atoms with E-state index in [1.165, 1.54) is 5.56 Å². The van der Waals surface area contributed by atoms with Crippen molar-refractivity contribution in [1.29, 1.82) is 0 Å². The molecule has 2 rings (SSSR count). The van der Waals surface area contributed by atoms with E-state index < -0.39 is 0 Å². The van der Waals surface area contributed by atoms with Gasteiger partial charge in [0, 0.05) is 11.9 Å². The largest absolute Gasteiger partial charge is 0.355 e. The molecule has 0 bridgehead atoms. The number of aryl methyl sites for hydroxylation is 1. The standard InChI is InChI=1S/C13H17N3S/c1-9-8-17-13(15-9)16-10(2)12-5-3-11(7-14)4-6-12/h3-6,8,10H,7,14H2,1-2H3,(H,15,16). The first-order valence-electron chi connectivity index (χ1n) is 5.66. The molecule has 3 N–H and O–H groups in total. The second-order valence-electron chi connectivity index (χ2n) is 4.11. The van der Waals surface area contributed by atoms with Crippen LogP contribution in [0, 0.1) is 6.92 Å². The molecule has 1 aromatic carbocycles. The van der Waals surface area contributed by atoms with Crippen LogP contribution in [0.2, 0.25) is 0 Å². The summed E-state index contributed by atoms with van der Waals surface area (Å²) < 4.78 is 0. The molecule has 1 atom stereocenters. The van der Waals surface area contributed by atoms with Crippen LogP contribution in [0.25, 0.3) is 0 Å². The number of nitrogens with one attached hydrogen (secondary N) is 1. The highest BCUT2D eigenvalue weighted by atomic mass is 32.1. The number of anilines is 1. The zero-order valence-electron chi connectivity index (χ0n) is 10.1. The van der Waals surface area contributed by atoms with Crippen molar-refractivity contribution in [2.45, 2.75) is 26.4 Å². The van der Waals surface area contributed by atoms with Crippen molar-refractivity contribution >= 4 is 16.5 Å². The van der Waals surface area contributed by atoms with Gasteiger partial charge in [-0.1, -0.05) is 24.3 Å². The lowest BCUT2D eigenvalue weighted by Crippen LogP contribution is -2.06. The minimum absolute atomic E-state index is 0.257. The number of hydrogen-bond acceptors (Lipinski definition) is 4. The molecule has 2 aromatic rings. The van der Waals surface area contributed by atoms with Crippen LogP contribution in [0.1, 0.15) is 29.8 Å². The van der Waals surface area contributed by atoms with Crippen molar-refractivity contribution in [1.82, 2.24) is 4.98 Å². The molecule has 0 spiro atoms. The summed E-state index contributed by atoms with van der Waals surface area (Å²) in [7, 11) is 0. The van der Waals surface area contributed by atoms with Gasteiger partial charge >= 0.3 is 0 Å². The zero-order valence-corrected chi connectivity index (χ0v) is 10.9. The van der Waals surface area contributed by atoms with Gasteiger partial charge in [-0.3, -0.25) is 0 Å². The van der Waals surface area contributed by atoms with E-state index in [0.29, 0.717) is 6.54 Å².